The van der Waals surface area contributed by atoms with Gasteiger partial charge in [-0.3, -0.25) is 0 Å². The number of aromatic nitrogens is 4. The molecule has 0 amide bonds. The van der Waals surface area contributed by atoms with Gasteiger partial charge in [0, 0.05) is 12.5 Å². The molecule has 0 spiro atoms. The Labute approximate surface area is 161 Å². The van der Waals surface area contributed by atoms with Gasteiger partial charge in [0.15, 0.2) is 5.82 Å². The molecule has 2 aromatic heterocycles. The number of thiol groups is 1. The summed E-state index contributed by atoms with van der Waals surface area (Å²) in [6.07, 6.45) is 0.534. The lowest BCUT2D eigenvalue weighted by molar-refractivity contribution is 0.433. The van der Waals surface area contributed by atoms with Gasteiger partial charge in [0.1, 0.15) is 5.82 Å². The highest BCUT2D eigenvalue weighted by atomic mass is 32.1. The third-order valence-corrected chi connectivity index (χ3v) is 4.92. The first-order valence-corrected chi connectivity index (χ1v) is 8.96. The molecular weight excluding hydrogens is 363 g/mol. The Hall–Kier alpha value is -2.93. The summed E-state index contributed by atoms with van der Waals surface area (Å²) in [4.78, 5) is 8.87. The lowest BCUT2D eigenvalue weighted by atomic mass is 10.1. The van der Waals surface area contributed by atoms with Gasteiger partial charge < -0.3 is 5.11 Å². The van der Waals surface area contributed by atoms with Crippen molar-refractivity contribution in [3.63, 3.8) is 0 Å². The first-order valence-electron chi connectivity index (χ1n) is 8.45. The van der Waals surface area contributed by atoms with E-state index in [2.05, 4.69) is 27.7 Å². The lowest BCUT2D eigenvalue weighted by Crippen LogP contribution is -2.02. The Kier molecular flexibility index (Phi) is 4.53. The van der Waals surface area contributed by atoms with Gasteiger partial charge in [0.05, 0.1) is 10.9 Å². The van der Waals surface area contributed by atoms with Crippen LogP contribution in [0.4, 0.5) is 4.39 Å². The third kappa shape index (κ3) is 3.50. The van der Waals surface area contributed by atoms with Crippen LogP contribution in [0.25, 0.3) is 5.78 Å². The van der Waals surface area contributed by atoms with Crippen molar-refractivity contribution >= 4 is 18.4 Å². The lowest BCUT2D eigenvalue weighted by Gasteiger charge is -2.12. The summed E-state index contributed by atoms with van der Waals surface area (Å²) in [6, 6.07) is 16.2. The van der Waals surface area contributed by atoms with Gasteiger partial charge >= 0.3 is 0 Å². The van der Waals surface area contributed by atoms with E-state index in [0.29, 0.717) is 29.1 Å². The van der Waals surface area contributed by atoms with E-state index in [0.717, 1.165) is 5.56 Å². The molecule has 0 fully saturated rings. The summed E-state index contributed by atoms with van der Waals surface area (Å²) >= 11 is 4.55. The molecule has 0 saturated heterocycles. The fraction of sp³-hybridized carbons (Fsp3) is 0.150. The van der Waals surface area contributed by atoms with E-state index in [1.807, 2.05) is 30.3 Å². The highest BCUT2D eigenvalue weighted by Crippen LogP contribution is 2.30. The summed E-state index contributed by atoms with van der Waals surface area (Å²) in [5.41, 5.74) is 2.76. The molecule has 136 valence electrons. The molecule has 0 aliphatic heterocycles. The molecule has 4 aromatic rings. The van der Waals surface area contributed by atoms with E-state index < -0.39 is 5.25 Å². The molecule has 0 saturated carbocycles. The second-order valence-electron chi connectivity index (χ2n) is 6.35. The van der Waals surface area contributed by atoms with Crippen LogP contribution in [0.1, 0.15) is 33.5 Å². The highest BCUT2D eigenvalue weighted by Gasteiger charge is 2.17. The quantitative estimate of drug-likeness (QED) is 0.527. The molecule has 1 unspecified atom stereocenters. The molecule has 5 nitrogen and oxygen atoms in total. The summed E-state index contributed by atoms with van der Waals surface area (Å²) < 4.78 is 15.2. The fourth-order valence-electron chi connectivity index (χ4n) is 2.86. The number of benzene rings is 2. The minimum absolute atomic E-state index is 0.0894. The van der Waals surface area contributed by atoms with Crippen LogP contribution in [-0.2, 0) is 6.42 Å². The van der Waals surface area contributed by atoms with Crippen molar-refractivity contribution < 1.29 is 9.50 Å². The van der Waals surface area contributed by atoms with Crippen LogP contribution >= 0.6 is 12.6 Å². The molecule has 0 bridgehead atoms. The summed E-state index contributed by atoms with van der Waals surface area (Å²) in [5.74, 6) is 0.443. The molecule has 4 rings (SSSR count). The number of hydrogen-bond acceptors (Lipinski definition) is 5. The number of rotatable bonds is 4. The van der Waals surface area contributed by atoms with E-state index >= 15 is 0 Å². The van der Waals surface area contributed by atoms with Gasteiger partial charge in [-0.15, -0.1) is 5.10 Å². The van der Waals surface area contributed by atoms with Gasteiger partial charge in [-0.1, -0.05) is 42.5 Å². The van der Waals surface area contributed by atoms with Crippen LogP contribution in [0.3, 0.4) is 0 Å². The van der Waals surface area contributed by atoms with E-state index in [4.69, 9.17) is 0 Å². The van der Waals surface area contributed by atoms with Gasteiger partial charge in [0.25, 0.3) is 5.78 Å². The standard InChI is InChI=1S/C20H17FN4OS/c1-12-7-8-14(10-15(12)21)19(27)16-11-18(26)25-20(22-16)23-17(24-25)9-13-5-3-2-4-6-13/h2-8,10-11,19,26-27H,9H2,1H3. The fourth-order valence-corrected chi connectivity index (χ4v) is 3.15. The second-order valence-corrected chi connectivity index (χ2v) is 6.87. The molecular formula is C20H17FN4OS. The van der Waals surface area contributed by atoms with Crippen LogP contribution in [0.15, 0.2) is 54.6 Å². The first kappa shape index (κ1) is 17.5. The van der Waals surface area contributed by atoms with Crippen LogP contribution < -0.4 is 0 Å². The minimum atomic E-state index is -0.495. The molecule has 2 heterocycles. The zero-order chi connectivity index (χ0) is 19.0. The predicted molar refractivity (Wildman–Crippen MR) is 104 cm³/mol. The predicted octanol–water partition coefficient (Wildman–Crippen LogP) is 3.89. The molecule has 2 aromatic carbocycles. The van der Waals surface area contributed by atoms with E-state index in [1.165, 1.54) is 16.6 Å². The average molecular weight is 380 g/mol. The van der Waals surface area contributed by atoms with Gasteiger partial charge in [-0.2, -0.15) is 22.1 Å². The smallest absolute Gasteiger partial charge is 0.255 e. The summed E-state index contributed by atoms with van der Waals surface area (Å²) in [7, 11) is 0. The van der Waals surface area contributed by atoms with Crippen molar-refractivity contribution in [2.45, 2.75) is 18.6 Å². The number of fused-ring (bicyclic) bond motifs is 1. The molecule has 7 heteroatoms. The first-order chi connectivity index (χ1) is 13.0. The number of halogens is 1. The summed E-state index contributed by atoms with van der Waals surface area (Å²) in [6.45, 7) is 1.70. The minimum Gasteiger partial charge on any atom is -0.493 e. The van der Waals surface area contributed by atoms with Crippen molar-refractivity contribution in [3.8, 4) is 5.88 Å². The van der Waals surface area contributed by atoms with Crippen LogP contribution in [0, 0.1) is 12.7 Å². The number of aromatic hydroxyl groups is 1. The maximum atomic E-state index is 13.9. The van der Waals surface area contributed by atoms with Crippen molar-refractivity contribution in [2.75, 3.05) is 0 Å². The Morgan fingerprint density at radius 3 is 2.63 bits per heavy atom. The topological polar surface area (TPSA) is 63.3 Å². The second kappa shape index (κ2) is 7.00. The Morgan fingerprint density at radius 1 is 1.11 bits per heavy atom. The van der Waals surface area contributed by atoms with Crippen molar-refractivity contribution in [3.05, 3.63) is 88.6 Å². The molecule has 1 atom stereocenters. The van der Waals surface area contributed by atoms with E-state index in [-0.39, 0.29) is 17.5 Å². The zero-order valence-electron chi connectivity index (χ0n) is 14.5. The largest absolute Gasteiger partial charge is 0.493 e. The van der Waals surface area contributed by atoms with E-state index in [9.17, 15) is 9.50 Å². The molecule has 0 radical (unpaired) electrons. The maximum absolute atomic E-state index is 13.9. The SMILES string of the molecule is Cc1ccc(C(S)c2cc(O)n3nc(Cc4ccccc4)nc3n2)cc1F. The van der Waals surface area contributed by atoms with Crippen LogP contribution in [0.5, 0.6) is 5.88 Å². The van der Waals surface area contributed by atoms with E-state index in [1.54, 1.807) is 19.1 Å². The molecule has 1 N–H and O–H groups in total. The van der Waals surface area contributed by atoms with Crippen LogP contribution in [0.2, 0.25) is 0 Å². The molecule has 27 heavy (non-hydrogen) atoms. The number of aryl methyl sites for hydroxylation is 1. The molecule has 0 aliphatic carbocycles. The van der Waals surface area contributed by atoms with Crippen molar-refractivity contribution in [1.82, 2.24) is 19.6 Å². The Balaban J connectivity index is 1.69. The Morgan fingerprint density at radius 2 is 1.89 bits per heavy atom. The Bertz CT molecular complexity index is 1110. The number of nitrogens with zero attached hydrogens (tertiary/aromatic N) is 4. The summed E-state index contributed by atoms with van der Waals surface area (Å²) in [5, 5.41) is 14.2. The van der Waals surface area contributed by atoms with Crippen molar-refractivity contribution in [1.29, 1.82) is 0 Å². The monoisotopic (exact) mass is 380 g/mol. The highest BCUT2D eigenvalue weighted by molar-refractivity contribution is 7.80. The van der Waals surface area contributed by atoms with Gasteiger partial charge in [-0.05, 0) is 29.7 Å². The third-order valence-electron chi connectivity index (χ3n) is 4.35. The van der Waals surface area contributed by atoms with Gasteiger partial charge in [0.2, 0.25) is 5.88 Å². The maximum Gasteiger partial charge on any atom is 0.255 e. The van der Waals surface area contributed by atoms with Crippen molar-refractivity contribution in [2.24, 2.45) is 0 Å². The normalized spacial score (nSPS) is 12.4. The molecule has 0 aliphatic rings. The van der Waals surface area contributed by atoms with Gasteiger partial charge in [-0.25, -0.2) is 9.37 Å². The van der Waals surface area contributed by atoms with Crippen LogP contribution in [-0.4, -0.2) is 24.7 Å². The number of hydrogen-bond donors (Lipinski definition) is 2. The zero-order valence-corrected chi connectivity index (χ0v) is 15.4. The average Bonchev–Trinajstić information content (AvgIpc) is 3.07.